The van der Waals surface area contributed by atoms with Gasteiger partial charge in [0.15, 0.2) is 17.6 Å². The molecule has 13 heteroatoms. The van der Waals surface area contributed by atoms with E-state index in [0.29, 0.717) is 5.69 Å². The summed E-state index contributed by atoms with van der Waals surface area (Å²) in [5, 5.41) is 5.24. The second-order valence-electron chi connectivity index (χ2n) is 7.54. The van der Waals surface area contributed by atoms with Crippen molar-refractivity contribution in [1.82, 2.24) is 15.0 Å². The van der Waals surface area contributed by atoms with E-state index in [0.717, 1.165) is 4.57 Å². The van der Waals surface area contributed by atoms with E-state index in [4.69, 9.17) is 9.02 Å². The van der Waals surface area contributed by atoms with E-state index in [1.165, 1.54) is 44.6 Å². The van der Waals surface area contributed by atoms with Crippen molar-refractivity contribution in [2.45, 2.75) is 31.2 Å². The summed E-state index contributed by atoms with van der Waals surface area (Å²) >= 11 is -2.09. The Labute approximate surface area is 215 Å². The van der Waals surface area contributed by atoms with E-state index >= 15 is 0 Å². The number of carbonyl (C=O) groups is 4. The normalized spacial score (nSPS) is 12.2. The second-order valence-corrected chi connectivity index (χ2v) is 8.65. The molecule has 1 heterocycles. The number of ketones is 1. The lowest BCUT2D eigenvalue weighted by Crippen LogP contribution is -2.33. The molecule has 0 radical (unpaired) electrons. The number of methoxy groups -OCH3 is 1. The van der Waals surface area contributed by atoms with Gasteiger partial charge in [-0.2, -0.15) is 4.28 Å². The van der Waals surface area contributed by atoms with Crippen LogP contribution in [0.2, 0.25) is 0 Å². The molecule has 3 amide bonds. The van der Waals surface area contributed by atoms with Crippen molar-refractivity contribution >= 4 is 46.0 Å². The molecule has 0 spiro atoms. The number of para-hydroxylation sites is 1. The zero-order valence-electron chi connectivity index (χ0n) is 20.2. The molecule has 12 nitrogen and oxygen atoms in total. The van der Waals surface area contributed by atoms with Crippen LogP contribution in [0.3, 0.4) is 0 Å². The third-order valence-corrected chi connectivity index (χ3v) is 5.86. The van der Waals surface area contributed by atoms with Gasteiger partial charge in [-0.3, -0.25) is 19.2 Å². The second kappa shape index (κ2) is 12.6. The number of nitrogens with one attached hydrogen (secondary N) is 3. The number of hydrogen-bond donors (Lipinski definition) is 3. The summed E-state index contributed by atoms with van der Waals surface area (Å²) < 4.78 is 23.7. The molecule has 3 N–H and O–H groups in total. The van der Waals surface area contributed by atoms with Crippen LogP contribution in [0.5, 0.6) is 5.75 Å². The number of nitrogens with zero attached hydrogens (tertiary/aromatic N) is 2. The maximum Gasteiger partial charge on any atom is 0.291 e. The molecule has 0 aliphatic carbocycles. The first-order valence-electron chi connectivity index (χ1n) is 11.0. The summed E-state index contributed by atoms with van der Waals surface area (Å²) in [5.74, 6) is -2.37. The van der Waals surface area contributed by atoms with Gasteiger partial charge in [0.25, 0.3) is 11.8 Å². The predicted molar refractivity (Wildman–Crippen MR) is 134 cm³/mol. The molecule has 0 aliphatic rings. The Balaban J connectivity index is 1.85. The largest absolute Gasteiger partial charge is 0.495 e. The highest BCUT2D eigenvalue weighted by molar-refractivity contribution is 7.80. The van der Waals surface area contributed by atoms with Crippen molar-refractivity contribution in [3.8, 4) is 5.75 Å². The summed E-state index contributed by atoms with van der Waals surface area (Å²) in [5.41, 5.74) is 2.65. The Morgan fingerprint density at radius 3 is 2.46 bits per heavy atom. The zero-order valence-corrected chi connectivity index (χ0v) is 21.0. The van der Waals surface area contributed by atoms with E-state index in [1.807, 2.05) is 0 Å². The monoisotopic (exact) mass is 527 g/mol. The van der Waals surface area contributed by atoms with Gasteiger partial charge in [-0.05, 0) is 37.3 Å². The Morgan fingerprint density at radius 1 is 1.08 bits per heavy atom. The van der Waals surface area contributed by atoms with Crippen LogP contribution in [0.25, 0.3) is 0 Å². The zero-order chi connectivity index (χ0) is 26.9. The maximum atomic E-state index is 13.3. The molecule has 2 atom stereocenters. The van der Waals surface area contributed by atoms with E-state index in [9.17, 15) is 23.4 Å². The molecule has 194 valence electrons. The number of hydroxylamine groups is 1. The average molecular weight is 528 g/mol. The van der Waals surface area contributed by atoms with E-state index in [2.05, 4.69) is 21.1 Å². The summed E-state index contributed by atoms with van der Waals surface area (Å²) in [6.45, 7) is 2.81. The molecule has 3 rings (SSSR count). The van der Waals surface area contributed by atoms with Gasteiger partial charge in [0, 0.05) is 24.5 Å². The van der Waals surface area contributed by atoms with Gasteiger partial charge < -0.3 is 19.9 Å². The molecule has 2 unspecified atom stereocenters. The molecular formula is C24H25N5O7S. The summed E-state index contributed by atoms with van der Waals surface area (Å²) in [4.78, 5) is 54.1. The Bertz CT molecular complexity index is 1330. The van der Waals surface area contributed by atoms with Crippen molar-refractivity contribution in [2.24, 2.45) is 0 Å². The van der Waals surface area contributed by atoms with Crippen LogP contribution < -0.4 is 20.9 Å². The molecule has 3 aromatic rings. The first-order chi connectivity index (χ1) is 17.7. The number of imidazole rings is 1. The fourth-order valence-electron chi connectivity index (χ4n) is 3.21. The predicted octanol–water partition coefficient (Wildman–Crippen LogP) is 2.39. The number of Topliss-reactive ketones (excluding diaryl/α,β-unsaturated/α-hetero) is 1. The van der Waals surface area contributed by atoms with Crippen molar-refractivity contribution in [2.75, 3.05) is 17.7 Å². The quantitative estimate of drug-likeness (QED) is 0.253. The minimum absolute atomic E-state index is 0.0884. The van der Waals surface area contributed by atoms with Crippen molar-refractivity contribution < 1.29 is 32.4 Å². The SMILES string of the molecule is CCC(=O)NOS(=O)c1ccc(OC)c(NC(=O)C(C(C)=O)n2ccnc2C(=O)Nc2ccccc2)c1. The lowest BCUT2D eigenvalue weighted by atomic mass is 10.1. The molecule has 0 saturated carbocycles. The van der Waals surface area contributed by atoms with E-state index < -0.39 is 40.6 Å². The standard InChI is InChI=1S/C24H25N5O7S/c1-4-20(31)28-36-37(34)17-10-11-19(35-3)18(14-17)27-23(32)21(15(2)30)29-13-12-25-22(29)24(33)26-16-8-6-5-7-9-16/h5-14,21H,4H2,1-3H3,(H,26,33)(H,27,32)(H,28,31). The number of rotatable bonds is 11. The van der Waals surface area contributed by atoms with Crippen molar-refractivity contribution in [3.05, 3.63) is 66.7 Å². The molecule has 0 saturated heterocycles. The number of benzene rings is 2. The highest BCUT2D eigenvalue weighted by Crippen LogP contribution is 2.28. The summed E-state index contributed by atoms with van der Waals surface area (Å²) in [6, 6.07) is 11.4. The first-order valence-corrected chi connectivity index (χ1v) is 12.1. The number of amides is 3. The van der Waals surface area contributed by atoms with Gasteiger partial charge in [-0.25, -0.2) is 14.7 Å². The molecule has 0 bridgehead atoms. The van der Waals surface area contributed by atoms with E-state index in [-0.39, 0.29) is 28.6 Å². The molecule has 37 heavy (non-hydrogen) atoms. The highest BCUT2D eigenvalue weighted by atomic mass is 32.2. The number of aromatic nitrogens is 2. The van der Waals surface area contributed by atoms with E-state index in [1.54, 1.807) is 37.3 Å². The van der Waals surface area contributed by atoms with Crippen molar-refractivity contribution in [3.63, 3.8) is 0 Å². The van der Waals surface area contributed by atoms with Gasteiger partial charge in [0.05, 0.1) is 17.7 Å². The number of ether oxygens (including phenoxy) is 1. The third-order valence-electron chi connectivity index (χ3n) is 4.99. The molecular weight excluding hydrogens is 502 g/mol. The lowest BCUT2D eigenvalue weighted by molar-refractivity contribution is -0.129. The summed E-state index contributed by atoms with van der Waals surface area (Å²) in [6.07, 6.45) is 2.78. The lowest BCUT2D eigenvalue weighted by Gasteiger charge is -2.19. The van der Waals surface area contributed by atoms with Gasteiger partial charge in [0.2, 0.25) is 17.0 Å². The van der Waals surface area contributed by atoms with Crippen LogP contribution in [0.15, 0.2) is 65.8 Å². The Morgan fingerprint density at radius 2 is 1.81 bits per heavy atom. The smallest absolute Gasteiger partial charge is 0.291 e. The van der Waals surface area contributed by atoms with Gasteiger partial charge in [0.1, 0.15) is 5.75 Å². The third kappa shape index (κ3) is 6.86. The highest BCUT2D eigenvalue weighted by Gasteiger charge is 2.30. The molecule has 0 fully saturated rings. The van der Waals surface area contributed by atoms with Gasteiger partial charge in [-0.1, -0.05) is 25.1 Å². The summed E-state index contributed by atoms with van der Waals surface area (Å²) in [7, 11) is 1.37. The number of anilines is 2. The van der Waals surface area contributed by atoms with Crippen LogP contribution in [-0.2, 0) is 29.7 Å². The van der Waals surface area contributed by atoms with Gasteiger partial charge in [-0.15, -0.1) is 0 Å². The number of carbonyl (C=O) groups excluding carboxylic acids is 4. The Kier molecular flexibility index (Phi) is 9.24. The van der Waals surface area contributed by atoms with Crippen LogP contribution in [0, 0.1) is 0 Å². The first kappa shape index (κ1) is 27.2. The van der Waals surface area contributed by atoms with Crippen LogP contribution in [0.4, 0.5) is 11.4 Å². The average Bonchev–Trinajstić information content (AvgIpc) is 3.36. The Hall–Kier alpha value is -4.36. The van der Waals surface area contributed by atoms with Crippen LogP contribution in [0.1, 0.15) is 36.9 Å². The fraction of sp³-hybridized carbons (Fsp3) is 0.208. The number of hydrogen-bond acceptors (Lipinski definition) is 8. The molecule has 1 aromatic heterocycles. The fourth-order valence-corrected chi connectivity index (χ4v) is 3.86. The van der Waals surface area contributed by atoms with Crippen LogP contribution in [-0.4, -0.2) is 44.4 Å². The van der Waals surface area contributed by atoms with Crippen molar-refractivity contribution in [1.29, 1.82) is 0 Å². The van der Waals surface area contributed by atoms with Gasteiger partial charge >= 0.3 is 0 Å². The minimum Gasteiger partial charge on any atom is -0.495 e. The topological polar surface area (TPSA) is 158 Å². The maximum absolute atomic E-state index is 13.3. The minimum atomic E-state index is -2.09. The molecule has 0 aliphatic heterocycles. The molecule has 2 aromatic carbocycles. The van der Waals surface area contributed by atoms with Crippen LogP contribution >= 0.6 is 0 Å².